The fourth-order valence-corrected chi connectivity index (χ4v) is 2.82. The topological polar surface area (TPSA) is 41.6 Å². The Balaban J connectivity index is 2.07. The zero-order chi connectivity index (χ0) is 18.6. The Morgan fingerprint density at radius 2 is 1.96 bits per heavy atom. The summed E-state index contributed by atoms with van der Waals surface area (Å²) in [6.07, 6.45) is 0. The number of aryl methyl sites for hydroxylation is 2. The van der Waals surface area contributed by atoms with E-state index in [9.17, 15) is 4.79 Å². The number of hydrogen-bond acceptors (Lipinski definition) is 3. The first-order valence-electron chi connectivity index (χ1n) is 8.22. The number of carbonyl (C=O) groups is 1. The van der Waals surface area contributed by atoms with Gasteiger partial charge in [-0.2, -0.15) is 0 Å². The van der Waals surface area contributed by atoms with Crippen molar-refractivity contribution in [2.45, 2.75) is 33.4 Å². The molecule has 5 heteroatoms. The fourth-order valence-electron chi connectivity index (χ4n) is 2.64. The van der Waals surface area contributed by atoms with Gasteiger partial charge in [-0.05, 0) is 57.1 Å². The van der Waals surface area contributed by atoms with Gasteiger partial charge in [-0.15, -0.1) is 0 Å². The van der Waals surface area contributed by atoms with Gasteiger partial charge in [-0.3, -0.25) is 9.69 Å². The van der Waals surface area contributed by atoms with Crippen molar-refractivity contribution < 1.29 is 9.53 Å². The molecule has 4 nitrogen and oxygen atoms in total. The normalized spacial score (nSPS) is 12.1. The maximum atomic E-state index is 12.6. The molecule has 0 aliphatic rings. The van der Waals surface area contributed by atoms with E-state index >= 15 is 0 Å². The highest BCUT2D eigenvalue weighted by atomic mass is 35.5. The van der Waals surface area contributed by atoms with Crippen molar-refractivity contribution >= 4 is 23.2 Å². The van der Waals surface area contributed by atoms with Gasteiger partial charge in [-0.1, -0.05) is 35.4 Å². The molecule has 1 amide bonds. The summed E-state index contributed by atoms with van der Waals surface area (Å²) in [5, 5.41) is 3.45. The van der Waals surface area contributed by atoms with Crippen LogP contribution in [0.25, 0.3) is 0 Å². The molecule has 0 saturated carbocycles. The highest BCUT2D eigenvalue weighted by molar-refractivity contribution is 6.31. The number of anilines is 1. The minimum atomic E-state index is -0.301. The van der Waals surface area contributed by atoms with Gasteiger partial charge in [0.05, 0.1) is 18.8 Å². The lowest BCUT2D eigenvalue weighted by Gasteiger charge is -2.25. The molecule has 0 saturated heterocycles. The molecule has 2 aromatic carbocycles. The molecule has 0 aliphatic heterocycles. The van der Waals surface area contributed by atoms with Crippen molar-refractivity contribution in [2.24, 2.45) is 0 Å². The van der Waals surface area contributed by atoms with E-state index in [-0.39, 0.29) is 11.9 Å². The van der Waals surface area contributed by atoms with E-state index in [4.69, 9.17) is 16.3 Å². The fraction of sp³-hybridized carbons (Fsp3) is 0.350. The van der Waals surface area contributed by atoms with Gasteiger partial charge < -0.3 is 10.1 Å². The van der Waals surface area contributed by atoms with Crippen molar-refractivity contribution in [3.63, 3.8) is 0 Å². The molecule has 0 heterocycles. The molecule has 25 heavy (non-hydrogen) atoms. The first-order valence-corrected chi connectivity index (χ1v) is 8.60. The second kappa shape index (κ2) is 8.37. The monoisotopic (exact) mass is 360 g/mol. The van der Waals surface area contributed by atoms with Gasteiger partial charge >= 0.3 is 0 Å². The molecule has 0 bridgehead atoms. The zero-order valence-electron chi connectivity index (χ0n) is 15.4. The first kappa shape index (κ1) is 19.3. The van der Waals surface area contributed by atoms with Crippen molar-refractivity contribution in [1.29, 1.82) is 0 Å². The molecule has 0 aromatic heterocycles. The predicted octanol–water partition coefficient (Wildman–Crippen LogP) is 4.42. The first-order chi connectivity index (χ1) is 11.8. The van der Waals surface area contributed by atoms with Gasteiger partial charge in [0.2, 0.25) is 5.91 Å². The van der Waals surface area contributed by atoms with Gasteiger partial charge in [0, 0.05) is 11.6 Å². The Bertz CT molecular complexity index is 761. The van der Waals surface area contributed by atoms with Crippen LogP contribution in [0.5, 0.6) is 5.75 Å². The second-order valence-corrected chi connectivity index (χ2v) is 6.79. The van der Waals surface area contributed by atoms with Crippen LogP contribution in [0.1, 0.15) is 23.6 Å². The summed E-state index contributed by atoms with van der Waals surface area (Å²) in [4.78, 5) is 14.6. The van der Waals surface area contributed by atoms with Crippen LogP contribution in [0.3, 0.4) is 0 Å². The number of nitrogens with zero attached hydrogens (tertiary/aromatic N) is 1. The van der Waals surface area contributed by atoms with Crippen LogP contribution in [0.4, 0.5) is 5.69 Å². The second-order valence-electron chi connectivity index (χ2n) is 6.35. The van der Waals surface area contributed by atoms with Crippen LogP contribution >= 0.6 is 11.6 Å². The van der Waals surface area contributed by atoms with Gasteiger partial charge in [0.15, 0.2) is 0 Å². The standard InChI is InChI=1S/C20H25ClN2O2/c1-13-6-7-16(14(2)10-13)12-23(4)15(3)20(24)22-18-11-17(21)8-9-19(18)25-5/h6-11,15H,12H2,1-5H3,(H,22,24)/t15-/m0/s1. The third-order valence-electron chi connectivity index (χ3n) is 4.38. The summed E-state index contributed by atoms with van der Waals surface area (Å²) in [6.45, 7) is 6.76. The highest BCUT2D eigenvalue weighted by Crippen LogP contribution is 2.28. The SMILES string of the molecule is COc1ccc(Cl)cc1NC(=O)[C@H](C)N(C)Cc1ccc(C)cc1C. The lowest BCUT2D eigenvalue weighted by molar-refractivity contribution is -0.120. The number of nitrogens with one attached hydrogen (secondary N) is 1. The minimum absolute atomic E-state index is 0.104. The van der Waals surface area contributed by atoms with Crippen molar-refractivity contribution in [2.75, 3.05) is 19.5 Å². The molecule has 0 radical (unpaired) electrons. The third-order valence-corrected chi connectivity index (χ3v) is 4.61. The van der Waals surface area contributed by atoms with Crippen LogP contribution in [-0.4, -0.2) is 31.0 Å². The molecule has 0 unspecified atom stereocenters. The molecule has 2 aromatic rings. The smallest absolute Gasteiger partial charge is 0.241 e. The number of likely N-dealkylation sites (N-methyl/N-ethyl adjacent to an activating group) is 1. The lowest BCUT2D eigenvalue weighted by Crippen LogP contribution is -2.39. The molecule has 0 spiro atoms. The van der Waals surface area contributed by atoms with E-state index in [0.29, 0.717) is 23.0 Å². The molecule has 1 atom stereocenters. The summed E-state index contributed by atoms with van der Waals surface area (Å²) in [6, 6.07) is 11.2. The third kappa shape index (κ3) is 4.97. The molecule has 0 fully saturated rings. The van der Waals surface area contributed by atoms with E-state index in [1.807, 2.05) is 18.9 Å². The van der Waals surface area contributed by atoms with E-state index < -0.39 is 0 Å². The number of carbonyl (C=O) groups excluding carboxylic acids is 1. The largest absolute Gasteiger partial charge is 0.495 e. The molecule has 134 valence electrons. The maximum Gasteiger partial charge on any atom is 0.241 e. The summed E-state index contributed by atoms with van der Waals surface area (Å²) >= 11 is 6.02. The van der Waals surface area contributed by atoms with E-state index in [1.54, 1.807) is 25.3 Å². The van der Waals surface area contributed by atoms with Gasteiger partial charge in [0.25, 0.3) is 0 Å². The minimum Gasteiger partial charge on any atom is -0.495 e. The lowest BCUT2D eigenvalue weighted by atomic mass is 10.0. The molecule has 0 aliphatic carbocycles. The Kier molecular flexibility index (Phi) is 6.45. The summed E-state index contributed by atoms with van der Waals surface area (Å²) in [5.41, 5.74) is 4.26. The van der Waals surface area contributed by atoms with Crippen LogP contribution in [0.2, 0.25) is 5.02 Å². The summed E-state index contributed by atoms with van der Waals surface area (Å²) in [5.74, 6) is 0.481. The zero-order valence-corrected chi connectivity index (χ0v) is 16.1. The average molecular weight is 361 g/mol. The predicted molar refractivity (Wildman–Crippen MR) is 103 cm³/mol. The number of methoxy groups -OCH3 is 1. The van der Waals surface area contributed by atoms with Crippen molar-refractivity contribution in [3.8, 4) is 5.75 Å². The molecular weight excluding hydrogens is 336 g/mol. The van der Waals surface area contributed by atoms with Gasteiger partial charge in [-0.25, -0.2) is 0 Å². The molecular formula is C20H25ClN2O2. The number of rotatable bonds is 6. The van der Waals surface area contributed by atoms with Crippen LogP contribution in [-0.2, 0) is 11.3 Å². The summed E-state index contributed by atoms with van der Waals surface area (Å²) < 4.78 is 5.28. The van der Waals surface area contributed by atoms with Crippen molar-refractivity contribution in [3.05, 3.63) is 58.1 Å². The Morgan fingerprint density at radius 1 is 1.24 bits per heavy atom. The number of amides is 1. The maximum absolute atomic E-state index is 12.6. The number of ether oxygens (including phenoxy) is 1. The average Bonchev–Trinajstić information content (AvgIpc) is 2.56. The number of hydrogen-bond donors (Lipinski definition) is 1. The molecule has 1 N–H and O–H groups in total. The van der Waals surface area contributed by atoms with Crippen LogP contribution < -0.4 is 10.1 Å². The highest BCUT2D eigenvalue weighted by Gasteiger charge is 2.20. The van der Waals surface area contributed by atoms with E-state index in [0.717, 1.165) is 0 Å². The van der Waals surface area contributed by atoms with E-state index in [1.165, 1.54) is 16.7 Å². The Morgan fingerprint density at radius 3 is 2.60 bits per heavy atom. The Hall–Kier alpha value is -2.04. The van der Waals surface area contributed by atoms with Crippen LogP contribution in [0, 0.1) is 13.8 Å². The number of benzene rings is 2. The summed E-state index contributed by atoms with van der Waals surface area (Å²) in [7, 11) is 3.51. The molecule has 2 rings (SSSR count). The van der Waals surface area contributed by atoms with Crippen LogP contribution in [0.15, 0.2) is 36.4 Å². The number of halogens is 1. The quantitative estimate of drug-likeness (QED) is 0.828. The Labute approximate surface area is 154 Å². The van der Waals surface area contributed by atoms with Gasteiger partial charge in [0.1, 0.15) is 5.75 Å². The van der Waals surface area contributed by atoms with E-state index in [2.05, 4.69) is 37.4 Å². The van der Waals surface area contributed by atoms with Crippen molar-refractivity contribution in [1.82, 2.24) is 4.90 Å².